The van der Waals surface area contributed by atoms with Crippen LogP contribution in [0, 0.1) is 11.3 Å². The lowest BCUT2D eigenvalue weighted by atomic mass is 10.1. The van der Waals surface area contributed by atoms with Crippen LogP contribution < -0.4 is 0 Å². The summed E-state index contributed by atoms with van der Waals surface area (Å²) >= 11 is 1.31. The molecule has 2 aromatic carbocycles. The van der Waals surface area contributed by atoms with E-state index in [1.807, 2.05) is 60.7 Å². The van der Waals surface area contributed by atoms with Crippen molar-refractivity contribution in [2.45, 2.75) is 5.22 Å². The van der Waals surface area contributed by atoms with Crippen LogP contribution in [0.25, 0.3) is 22.6 Å². The summed E-state index contributed by atoms with van der Waals surface area (Å²) in [6, 6.07) is 21.9. The normalized spacial score (nSPS) is 10.2. The molecule has 1 aromatic heterocycles. The van der Waals surface area contributed by atoms with E-state index in [9.17, 15) is 0 Å². The Balaban J connectivity index is 2.09. The maximum atomic E-state index is 8.70. The first kappa shape index (κ1) is 13.5. The minimum Gasteiger partial charge on any atom is -0.431 e. The Morgan fingerprint density at radius 1 is 0.952 bits per heavy atom. The summed E-state index contributed by atoms with van der Waals surface area (Å²) in [7, 11) is 0. The first-order valence-electron chi connectivity index (χ1n) is 6.50. The molecule has 0 bridgehead atoms. The van der Waals surface area contributed by atoms with E-state index >= 15 is 0 Å². The largest absolute Gasteiger partial charge is 0.431 e. The highest BCUT2D eigenvalue weighted by Gasteiger charge is 2.16. The first-order valence-corrected chi connectivity index (χ1v) is 7.48. The third-order valence-electron chi connectivity index (χ3n) is 2.95. The zero-order valence-corrected chi connectivity index (χ0v) is 12.0. The van der Waals surface area contributed by atoms with Gasteiger partial charge in [0.25, 0.3) is 5.22 Å². The number of benzene rings is 2. The Kier molecular flexibility index (Phi) is 4.04. The van der Waals surface area contributed by atoms with Crippen LogP contribution in [0.4, 0.5) is 0 Å². The Morgan fingerprint density at radius 3 is 2.19 bits per heavy atom. The van der Waals surface area contributed by atoms with Crippen molar-refractivity contribution < 1.29 is 4.42 Å². The third-order valence-corrected chi connectivity index (χ3v) is 3.65. The number of hydrogen-bond acceptors (Lipinski definition) is 4. The van der Waals surface area contributed by atoms with Gasteiger partial charge < -0.3 is 4.42 Å². The molecule has 0 spiro atoms. The quantitative estimate of drug-likeness (QED) is 0.658. The van der Waals surface area contributed by atoms with E-state index in [0.717, 1.165) is 22.6 Å². The second-order valence-electron chi connectivity index (χ2n) is 4.34. The highest BCUT2D eigenvalue weighted by atomic mass is 32.2. The lowest BCUT2D eigenvalue weighted by Gasteiger charge is -2.00. The second kappa shape index (κ2) is 6.29. The maximum Gasteiger partial charge on any atom is 0.257 e. The molecule has 4 heteroatoms. The SMILES string of the molecule is N#CCSc1nc(-c2ccccc2)c(-c2ccccc2)o1. The molecule has 0 N–H and O–H groups in total. The summed E-state index contributed by atoms with van der Waals surface area (Å²) in [5.74, 6) is 1.06. The third kappa shape index (κ3) is 2.99. The van der Waals surface area contributed by atoms with E-state index in [1.54, 1.807) is 0 Å². The molecule has 21 heavy (non-hydrogen) atoms. The molecule has 0 aliphatic rings. The fourth-order valence-corrected chi connectivity index (χ4v) is 2.52. The van der Waals surface area contributed by atoms with E-state index in [2.05, 4.69) is 11.1 Å². The molecule has 0 fully saturated rings. The minimum absolute atomic E-state index is 0.322. The minimum atomic E-state index is 0.322. The molecule has 0 saturated heterocycles. The zero-order valence-electron chi connectivity index (χ0n) is 11.2. The second-order valence-corrected chi connectivity index (χ2v) is 5.26. The fraction of sp³-hybridized carbons (Fsp3) is 0.0588. The Hall–Kier alpha value is -2.51. The fourth-order valence-electron chi connectivity index (χ4n) is 2.03. The van der Waals surface area contributed by atoms with Gasteiger partial charge in [-0.15, -0.1) is 0 Å². The van der Waals surface area contributed by atoms with E-state index < -0.39 is 0 Å². The van der Waals surface area contributed by atoms with Crippen LogP contribution in [0.2, 0.25) is 0 Å². The van der Waals surface area contributed by atoms with Gasteiger partial charge in [-0.3, -0.25) is 0 Å². The number of oxazole rings is 1. The summed E-state index contributed by atoms with van der Waals surface area (Å²) < 4.78 is 5.86. The molecule has 3 rings (SSSR count). The van der Waals surface area contributed by atoms with E-state index in [0.29, 0.717) is 11.0 Å². The topological polar surface area (TPSA) is 49.8 Å². The van der Waals surface area contributed by atoms with Gasteiger partial charge in [0.1, 0.15) is 5.69 Å². The molecule has 102 valence electrons. The molecule has 3 nitrogen and oxygen atoms in total. The Bertz CT molecular complexity index is 703. The molecule has 0 radical (unpaired) electrons. The number of aromatic nitrogens is 1. The average molecular weight is 292 g/mol. The summed E-state index contributed by atoms with van der Waals surface area (Å²) in [5, 5.41) is 9.22. The molecule has 0 atom stereocenters. The number of rotatable bonds is 4. The van der Waals surface area contributed by atoms with Crippen LogP contribution in [-0.2, 0) is 0 Å². The van der Waals surface area contributed by atoms with Crippen LogP contribution in [0.3, 0.4) is 0 Å². The van der Waals surface area contributed by atoms with Gasteiger partial charge in [0.15, 0.2) is 5.76 Å². The molecule has 1 heterocycles. The number of nitrogens with zero attached hydrogens (tertiary/aromatic N) is 2. The van der Waals surface area contributed by atoms with Gasteiger partial charge >= 0.3 is 0 Å². The van der Waals surface area contributed by atoms with Crippen LogP contribution in [0.15, 0.2) is 70.3 Å². The smallest absolute Gasteiger partial charge is 0.257 e. The number of nitriles is 1. The van der Waals surface area contributed by atoms with Crippen molar-refractivity contribution in [2.75, 3.05) is 5.75 Å². The van der Waals surface area contributed by atoms with Gasteiger partial charge in [0.05, 0.1) is 11.8 Å². The van der Waals surface area contributed by atoms with Crippen LogP contribution in [0.5, 0.6) is 0 Å². The van der Waals surface area contributed by atoms with Crippen LogP contribution in [0.1, 0.15) is 0 Å². The monoisotopic (exact) mass is 292 g/mol. The van der Waals surface area contributed by atoms with Crippen molar-refractivity contribution in [2.24, 2.45) is 0 Å². The van der Waals surface area contributed by atoms with Gasteiger partial charge in [-0.1, -0.05) is 72.4 Å². The molecule has 3 aromatic rings. The van der Waals surface area contributed by atoms with Crippen molar-refractivity contribution in [3.05, 3.63) is 60.7 Å². The molecule has 0 aliphatic carbocycles. The van der Waals surface area contributed by atoms with Crippen molar-refractivity contribution in [3.8, 4) is 28.7 Å². The predicted octanol–water partition coefficient (Wildman–Crippen LogP) is 4.62. The summed E-state index contributed by atoms with van der Waals surface area (Å²) in [6.45, 7) is 0. The summed E-state index contributed by atoms with van der Waals surface area (Å²) in [6.07, 6.45) is 0. The van der Waals surface area contributed by atoms with Crippen LogP contribution >= 0.6 is 11.8 Å². The Labute approximate surface area is 127 Å². The maximum absolute atomic E-state index is 8.70. The predicted molar refractivity (Wildman–Crippen MR) is 83.7 cm³/mol. The Morgan fingerprint density at radius 2 is 1.57 bits per heavy atom. The first-order chi connectivity index (χ1) is 10.4. The van der Waals surface area contributed by atoms with Gasteiger partial charge in [-0.2, -0.15) is 5.26 Å². The molecule has 0 unspecified atom stereocenters. The lowest BCUT2D eigenvalue weighted by Crippen LogP contribution is -1.81. The lowest BCUT2D eigenvalue weighted by molar-refractivity contribution is 0.466. The van der Waals surface area contributed by atoms with E-state index in [4.69, 9.17) is 9.68 Å². The molecule has 0 aliphatic heterocycles. The van der Waals surface area contributed by atoms with E-state index in [-0.39, 0.29) is 0 Å². The average Bonchev–Trinajstić information content (AvgIpc) is 2.99. The molecular weight excluding hydrogens is 280 g/mol. The highest BCUT2D eigenvalue weighted by molar-refractivity contribution is 7.99. The van der Waals surface area contributed by atoms with Crippen LogP contribution in [-0.4, -0.2) is 10.7 Å². The summed E-state index contributed by atoms with van der Waals surface area (Å²) in [5.41, 5.74) is 2.79. The van der Waals surface area contributed by atoms with Gasteiger partial charge in [-0.25, -0.2) is 4.98 Å². The van der Waals surface area contributed by atoms with Crippen molar-refractivity contribution in [1.82, 2.24) is 4.98 Å². The van der Waals surface area contributed by atoms with E-state index in [1.165, 1.54) is 11.8 Å². The van der Waals surface area contributed by atoms with Gasteiger partial charge in [0.2, 0.25) is 0 Å². The standard InChI is InChI=1S/C17H12N2OS/c18-11-12-21-17-19-15(13-7-3-1-4-8-13)16(20-17)14-9-5-2-6-10-14/h1-10H,12H2. The molecule has 0 amide bonds. The van der Waals surface area contributed by atoms with Crippen molar-refractivity contribution in [1.29, 1.82) is 5.26 Å². The molecular formula is C17H12N2OS. The molecule has 0 saturated carbocycles. The van der Waals surface area contributed by atoms with Gasteiger partial charge in [0, 0.05) is 11.1 Å². The van der Waals surface area contributed by atoms with Gasteiger partial charge in [-0.05, 0) is 0 Å². The highest BCUT2D eigenvalue weighted by Crippen LogP contribution is 2.35. The summed E-state index contributed by atoms with van der Waals surface area (Å²) in [4.78, 5) is 4.54. The number of hydrogen-bond donors (Lipinski definition) is 0. The van der Waals surface area contributed by atoms with Crippen molar-refractivity contribution in [3.63, 3.8) is 0 Å². The number of thioether (sulfide) groups is 1. The zero-order chi connectivity index (χ0) is 14.5. The van der Waals surface area contributed by atoms with Crippen molar-refractivity contribution >= 4 is 11.8 Å².